The lowest BCUT2D eigenvalue weighted by molar-refractivity contribution is -0.306. The average Bonchev–Trinajstić information content (AvgIpc) is 2.56. The summed E-state index contributed by atoms with van der Waals surface area (Å²) in [6, 6.07) is 0. The third-order valence-electron chi connectivity index (χ3n) is 3.55. The molecular formula is C13H26O10. The van der Waals surface area contributed by atoms with E-state index in [4.69, 9.17) is 29.5 Å². The van der Waals surface area contributed by atoms with Crippen molar-refractivity contribution in [2.24, 2.45) is 0 Å². The Labute approximate surface area is 133 Å². The van der Waals surface area contributed by atoms with Gasteiger partial charge in [0.2, 0.25) is 0 Å². The van der Waals surface area contributed by atoms with Crippen LogP contribution in [0.5, 0.6) is 0 Å². The fourth-order valence-electron chi connectivity index (χ4n) is 2.15. The molecular weight excluding hydrogens is 316 g/mol. The van der Waals surface area contributed by atoms with Crippen LogP contribution in [0.3, 0.4) is 0 Å². The molecule has 1 heterocycles. The largest absolute Gasteiger partial charge is 0.394 e. The molecule has 10 nitrogen and oxygen atoms in total. The molecule has 0 radical (unpaired) electrons. The minimum Gasteiger partial charge on any atom is -0.394 e. The van der Waals surface area contributed by atoms with Crippen molar-refractivity contribution in [3.8, 4) is 0 Å². The molecule has 8 atom stereocenters. The van der Waals surface area contributed by atoms with Gasteiger partial charge in [-0.1, -0.05) is 0 Å². The van der Waals surface area contributed by atoms with Crippen molar-refractivity contribution in [3.05, 3.63) is 0 Å². The van der Waals surface area contributed by atoms with E-state index < -0.39 is 68.8 Å². The van der Waals surface area contributed by atoms with Crippen LogP contribution in [0.25, 0.3) is 0 Å². The topological polar surface area (TPSA) is 169 Å². The van der Waals surface area contributed by atoms with Gasteiger partial charge in [0.15, 0.2) is 6.29 Å². The second kappa shape index (κ2) is 9.79. The van der Waals surface area contributed by atoms with Crippen LogP contribution in [-0.4, -0.2) is 111 Å². The van der Waals surface area contributed by atoms with Gasteiger partial charge >= 0.3 is 0 Å². The van der Waals surface area contributed by atoms with Gasteiger partial charge in [0.25, 0.3) is 0 Å². The number of ether oxygens (including phenoxy) is 3. The second-order valence-electron chi connectivity index (χ2n) is 5.45. The summed E-state index contributed by atoms with van der Waals surface area (Å²) in [5.74, 6) is 0. The maximum atomic E-state index is 9.79. The van der Waals surface area contributed by atoms with E-state index in [1.165, 1.54) is 0 Å². The fraction of sp³-hybridized carbons (Fsp3) is 1.00. The highest BCUT2D eigenvalue weighted by Crippen LogP contribution is 2.22. The third-order valence-corrected chi connectivity index (χ3v) is 3.55. The number of rotatable bonds is 9. The Morgan fingerprint density at radius 2 is 1.65 bits per heavy atom. The van der Waals surface area contributed by atoms with E-state index in [1.54, 1.807) is 6.92 Å². The van der Waals surface area contributed by atoms with Gasteiger partial charge in [0.1, 0.15) is 36.6 Å². The first-order chi connectivity index (χ1) is 10.8. The number of aliphatic hydroxyl groups excluding tert-OH is 7. The zero-order valence-electron chi connectivity index (χ0n) is 12.8. The van der Waals surface area contributed by atoms with Crippen LogP contribution >= 0.6 is 0 Å². The molecule has 0 aromatic heterocycles. The third kappa shape index (κ3) is 5.57. The highest BCUT2D eigenvalue weighted by atomic mass is 16.7. The van der Waals surface area contributed by atoms with Crippen LogP contribution in [0.4, 0.5) is 0 Å². The van der Waals surface area contributed by atoms with Crippen LogP contribution in [0.1, 0.15) is 6.92 Å². The summed E-state index contributed by atoms with van der Waals surface area (Å²) in [5, 5.41) is 65.4. The minimum atomic E-state index is -1.54. The lowest BCUT2D eigenvalue weighted by atomic mass is 9.99. The van der Waals surface area contributed by atoms with Crippen molar-refractivity contribution >= 4 is 0 Å². The molecule has 138 valence electrons. The zero-order valence-corrected chi connectivity index (χ0v) is 12.8. The van der Waals surface area contributed by atoms with Crippen molar-refractivity contribution in [1.29, 1.82) is 0 Å². The van der Waals surface area contributed by atoms with Gasteiger partial charge in [-0.15, -0.1) is 0 Å². The summed E-state index contributed by atoms with van der Waals surface area (Å²) < 4.78 is 15.7. The van der Waals surface area contributed by atoms with Crippen molar-refractivity contribution in [3.63, 3.8) is 0 Å². The van der Waals surface area contributed by atoms with Gasteiger partial charge in [-0.2, -0.15) is 0 Å². The van der Waals surface area contributed by atoms with Crippen molar-refractivity contribution < 1.29 is 50.0 Å². The molecule has 0 spiro atoms. The summed E-state index contributed by atoms with van der Waals surface area (Å²) in [6.45, 7) is -0.210. The van der Waals surface area contributed by atoms with Gasteiger partial charge in [-0.3, -0.25) is 0 Å². The van der Waals surface area contributed by atoms with Gasteiger partial charge in [-0.25, -0.2) is 0 Å². The molecule has 1 aliphatic heterocycles. The molecule has 0 amide bonds. The highest BCUT2D eigenvalue weighted by Gasteiger charge is 2.44. The van der Waals surface area contributed by atoms with Gasteiger partial charge in [0.05, 0.1) is 32.5 Å². The van der Waals surface area contributed by atoms with Crippen LogP contribution < -0.4 is 0 Å². The maximum absolute atomic E-state index is 9.79. The predicted octanol–water partition coefficient (Wildman–Crippen LogP) is -4.08. The molecule has 23 heavy (non-hydrogen) atoms. The molecule has 4 unspecified atom stereocenters. The lowest BCUT2D eigenvalue weighted by Crippen LogP contribution is -2.59. The molecule has 1 saturated heterocycles. The molecule has 0 aromatic carbocycles. The lowest BCUT2D eigenvalue weighted by Gasteiger charge is -2.40. The molecule has 0 aliphatic carbocycles. The Morgan fingerprint density at radius 1 is 1.00 bits per heavy atom. The van der Waals surface area contributed by atoms with E-state index >= 15 is 0 Å². The normalized spacial score (nSPS) is 35.7. The Kier molecular flexibility index (Phi) is 8.79. The smallest absolute Gasteiger partial charge is 0.186 e. The van der Waals surface area contributed by atoms with E-state index in [9.17, 15) is 20.4 Å². The summed E-state index contributed by atoms with van der Waals surface area (Å²) in [4.78, 5) is 0. The first kappa shape index (κ1) is 20.6. The van der Waals surface area contributed by atoms with E-state index in [1.807, 2.05) is 0 Å². The summed E-state index contributed by atoms with van der Waals surface area (Å²) >= 11 is 0. The summed E-state index contributed by atoms with van der Waals surface area (Å²) in [7, 11) is 0. The quantitative estimate of drug-likeness (QED) is 0.219. The van der Waals surface area contributed by atoms with Gasteiger partial charge in [0, 0.05) is 0 Å². The number of aliphatic hydroxyl groups is 7. The maximum Gasteiger partial charge on any atom is 0.186 e. The van der Waals surface area contributed by atoms with Gasteiger partial charge in [-0.05, 0) is 6.92 Å². The molecule has 1 rings (SSSR count). The predicted molar refractivity (Wildman–Crippen MR) is 74.2 cm³/mol. The van der Waals surface area contributed by atoms with Crippen LogP contribution in [-0.2, 0) is 14.2 Å². The number of hydrogen-bond acceptors (Lipinski definition) is 10. The first-order valence-electron chi connectivity index (χ1n) is 7.33. The van der Waals surface area contributed by atoms with Crippen LogP contribution in [0.2, 0.25) is 0 Å². The van der Waals surface area contributed by atoms with E-state index in [0.29, 0.717) is 0 Å². The molecule has 10 heteroatoms. The molecule has 0 bridgehead atoms. The molecule has 1 fully saturated rings. The Balaban J connectivity index is 2.49. The molecule has 0 aromatic rings. The van der Waals surface area contributed by atoms with E-state index in [0.717, 1.165) is 0 Å². The first-order valence-corrected chi connectivity index (χ1v) is 7.33. The monoisotopic (exact) mass is 342 g/mol. The van der Waals surface area contributed by atoms with Crippen molar-refractivity contribution in [2.75, 3.05) is 26.4 Å². The van der Waals surface area contributed by atoms with Crippen molar-refractivity contribution in [2.45, 2.75) is 55.9 Å². The molecule has 7 N–H and O–H groups in total. The summed E-state index contributed by atoms with van der Waals surface area (Å²) in [6.07, 6.45) is -9.78. The van der Waals surface area contributed by atoms with Crippen molar-refractivity contribution in [1.82, 2.24) is 0 Å². The number of hydrogen-bond donors (Lipinski definition) is 7. The average molecular weight is 342 g/mol. The zero-order chi connectivity index (χ0) is 17.6. The van der Waals surface area contributed by atoms with E-state index in [-0.39, 0.29) is 6.61 Å². The highest BCUT2D eigenvalue weighted by molar-refractivity contribution is 4.88. The fourth-order valence-corrected chi connectivity index (χ4v) is 2.15. The minimum absolute atomic E-state index is 0.128. The SMILES string of the molecule is C[C@@H](CO[C@@H]1OC(CO)[C@H](O)C(O)C1O)OC(CO)[C@H](O)CO. The standard InChI is InChI=1S/C13H26O10/c1-6(22-8(3-15)7(17)2-14)5-21-13-12(20)11(19)10(18)9(4-16)23-13/h6-20H,2-5H2,1H3/t6-,7+,8?,9?,10-,11?,12?,13+/m0/s1. The molecule has 0 saturated carbocycles. The summed E-state index contributed by atoms with van der Waals surface area (Å²) in [5.41, 5.74) is 0. The Morgan fingerprint density at radius 3 is 2.17 bits per heavy atom. The Bertz CT molecular complexity index is 328. The van der Waals surface area contributed by atoms with E-state index in [2.05, 4.69) is 0 Å². The molecule has 1 aliphatic rings. The van der Waals surface area contributed by atoms with Crippen LogP contribution in [0, 0.1) is 0 Å². The van der Waals surface area contributed by atoms with Gasteiger partial charge < -0.3 is 50.0 Å². The van der Waals surface area contributed by atoms with Crippen LogP contribution in [0.15, 0.2) is 0 Å². The Hall–Kier alpha value is -0.400. The second-order valence-corrected chi connectivity index (χ2v) is 5.45.